The van der Waals surface area contributed by atoms with Crippen molar-refractivity contribution in [2.24, 2.45) is 5.92 Å². The molecule has 2 aliphatic rings. The fourth-order valence-corrected chi connectivity index (χ4v) is 3.57. The van der Waals surface area contributed by atoms with Crippen molar-refractivity contribution in [3.05, 3.63) is 24.0 Å². The number of fused-ring (bicyclic) bond motifs is 2. The third-order valence-electron chi connectivity index (χ3n) is 4.73. The van der Waals surface area contributed by atoms with Crippen LogP contribution >= 0.6 is 0 Å². The smallest absolute Gasteiger partial charge is 0.411 e. The second-order valence-electron chi connectivity index (χ2n) is 7.71. The zero-order valence-corrected chi connectivity index (χ0v) is 14.5. The number of carbonyl (C=O) groups is 1. The number of benzene rings is 1. The van der Waals surface area contributed by atoms with Crippen LogP contribution < -0.4 is 4.74 Å². The molecule has 3 atom stereocenters. The minimum Gasteiger partial charge on any atom is -0.497 e. The number of likely N-dealkylation sites (tertiary alicyclic amines) is 1. The number of rotatable bonds is 2. The Morgan fingerprint density at radius 2 is 2.12 bits per heavy atom. The lowest BCUT2D eigenvalue weighted by atomic mass is 10.1. The highest BCUT2D eigenvalue weighted by Crippen LogP contribution is 2.53. The number of carbonyl (C=O) groups excluding carboxylic acids is 1. The second-order valence-corrected chi connectivity index (χ2v) is 7.71. The van der Waals surface area contributed by atoms with Gasteiger partial charge in [0.1, 0.15) is 17.2 Å². The number of piperidine rings is 1. The molecule has 1 aromatic carbocycles. The molecule has 128 valence electrons. The monoisotopic (exact) mass is 329 g/mol. The van der Waals surface area contributed by atoms with Gasteiger partial charge in [-0.2, -0.15) is 0 Å². The Labute approximate surface area is 141 Å². The van der Waals surface area contributed by atoms with Gasteiger partial charge in [0.05, 0.1) is 24.2 Å². The Kier molecular flexibility index (Phi) is 3.27. The SMILES string of the molecule is COc1ccc2nc([C@@H]3C[C@H]4C[C@H]4N3C(=O)OC(C)(C)C)[nH]c2c1. The molecule has 6 nitrogen and oxygen atoms in total. The van der Waals surface area contributed by atoms with Crippen LogP contribution in [0.1, 0.15) is 45.5 Å². The number of imidazole rings is 1. The highest BCUT2D eigenvalue weighted by atomic mass is 16.6. The highest BCUT2D eigenvalue weighted by molar-refractivity contribution is 5.77. The van der Waals surface area contributed by atoms with Gasteiger partial charge in [-0.05, 0) is 51.7 Å². The lowest BCUT2D eigenvalue weighted by Gasteiger charge is -2.29. The number of nitrogens with zero attached hydrogens (tertiary/aromatic N) is 2. The largest absolute Gasteiger partial charge is 0.497 e. The van der Waals surface area contributed by atoms with E-state index in [1.54, 1.807) is 7.11 Å². The third kappa shape index (κ3) is 2.60. The van der Waals surface area contributed by atoms with Crippen molar-refractivity contribution < 1.29 is 14.3 Å². The molecular formula is C18H23N3O3. The summed E-state index contributed by atoms with van der Waals surface area (Å²) in [5, 5.41) is 0. The maximum absolute atomic E-state index is 12.6. The van der Waals surface area contributed by atoms with Crippen molar-refractivity contribution in [3.63, 3.8) is 0 Å². The molecule has 0 bridgehead atoms. The van der Waals surface area contributed by atoms with E-state index < -0.39 is 5.60 Å². The summed E-state index contributed by atoms with van der Waals surface area (Å²) in [5.74, 6) is 2.19. The van der Waals surface area contributed by atoms with Gasteiger partial charge in [-0.15, -0.1) is 0 Å². The van der Waals surface area contributed by atoms with Crippen LogP contribution in [-0.4, -0.2) is 39.7 Å². The minimum atomic E-state index is -0.490. The molecule has 2 heterocycles. The van der Waals surface area contributed by atoms with E-state index in [1.807, 2.05) is 43.9 Å². The second kappa shape index (κ2) is 5.13. The molecule has 1 aromatic heterocycles. The molecule has 1 saturated carbocycles. The number of hydrogen-bond acceptors (Lipinski definition) is 4. The first-order chi connectivity index (χ1) is 11.4. The number of nitrogens with one attached hydrogen (secondary N) is 1. The number of hydrogen-bond donors (Lipinski definition) is 1. The Bertz CT molecular complexity index is 792. The van der Waals surface area contributed by atoms with Gasteiger partial charge < -0.3 is 14.5 Å². The molecule has 1 aliphatic heterocycles. The average Bonchev–Trinajstić information content (AvgIpc) is 2.98. The molecule has 2 aromatic rings. The molecule has 1 saturated heterocycles. The summed E-state index contributed by atoms with van der Waals surface area (Å²) < 4.78 is 10.9. The molecule has 2 fully saturated rings. The lowest BCUT2D eigenvalue weighted by Crippen LogP contribution is -2.38. The first-order valence-electron chi connectivity index (χ1n) is 8.40. The Balaban J connectivity index is 1.64. The molecule has 1 amide bonds. The minimum absolute atomic E-state index is 0.0398. The fourth-order valence-electron chi connectivity index (χ4n) is 3.57. The maximum Gasteiger partial charge on any atom is 0.411 e. The van der Waals surface area contributed by atoms with Crippen molar-refractivity contribution in [1.29, 1.82) is 0 Å². The van der Waals surface area contributed by atoms with Gasteiger partial charge in [0.2, 0.25) is 0 Å². The van der Waals surface area contributed by atoms with Crippen molar-refractivity contribution >= 4 is 17.1 Å². The van der Waals surface area contributed by atoms with Gasteiger partial charge in [-0.1, -0.05) is 0 Å². The average molecular weight is 329 g/mol. The standard InChI is InChI=1S/C18H23N3O3/c1-18(2,3)24-17(22)21-14-7-10(14)8-15(21)16-19-12-6-5-11(23-4)9-13(12)20-16/h5-6,9-10,14-15H,7-8H2,1-4H3,(H,19,20)/t10-,14-,15+/m1/s1. The number of methoxy groups -OCH3 is 1. The summed E-state index contributed by atoms with van der Waals surface area (Å²) >= 11 is 0. The first-order valence-corrected chi connectivity index (χ1v) is 8.40. The van der Waals surface area contributed by atoms with E-state index >= 15 is 0 Å². The van der Waals surface area contributed by atoms with Crippen molar-refractivity contribution in [3.8, 4) is 5.75 Å². The summed E-state index contributed by atoms with van der Waals surface area (Å²) in [4.78, 5) is 22.6. The maximum atomic E-state index is 12.6. The molecule has 6 heteroatoms. The highest BCUT2D eigenvalue weighted by Gasteiger charge is 2.56. The Hall–Kier alpha value is -2.24. The van der Waals surface area contributed by atoms with Crippen LogP contribution in [0.15, 0.2) is 18.2 Å². The molecular weight excluding hydrogens is 306 g/mol. The van der Waals surface area contributed by atoms with E-state index in [2.05, 4.69) is 4.98 Å². The van der Waals surface area contributed by atoms with Crippen molar-refractivity contribution in [2.75, 3.05) is 7.11 Å². The molecule has 0 radical (unpaired) electrons. The zero-order valence-electron chi connectivity index (χ0n) is 14.5. The molecule has 0 unspecified atom stereocenters. The Morgan fingerprint density at radius 1 is 1.33 bits per heavy atom. The van der Waals surface area contributed by atoms with Crippen LogP contribution in [0.3, 0.4) is 0 Å². The fraction of sp³-hybridized carbons (Fsp3) is 0.556. The lowest BCUT2D eigenvalue weighted by molar-refractivity contribution is 0.0175. The van der Waals surface area contributed by atoms with E-state index in [0.717, 1.165) is 35.4 Å². The van der Waals surface area contributed by atoms with Crippen LogP contribution in [0.4, 0.5) is 4.79 Å². The van der Waals surface area contributed by atoms with E-state index in [4.69, 9.17) is 14.5 Å². The van der Waals surface area contributed by atoms with Gasteiger partial charge in [-0.3, -0.25) is 4.90 Å². The topological polar surface area (TPSA) is 67.4 Å². The number of amides is 1. The van der Waals surface area contributed by atoms with Crippen molar-refractivity contribution in [2.45, 2.75) is 51.3 Å². The number of H-pyrrole nitrogens is 1. The molecule has 1 aliphatic carbocycles. The van der Waals surface area contributed by atoms with Crippen LogP contribution in [0.2, 0.25) is 0 Å². The van der Waals surface area contributed by atoms with Gasteiger partial charge >= 0.3 is 6.09 Å². The van der Waals surface area contributed by atoms with E-state index in [0.29, 0.717) is 12.0 Å². The third-order valence-corrected chi connectivity index (χ3v) is 4.73. The van der Waals surface area contributed by atoms with Gasteiger partial charge in [0.25, 0.3) is 0 Å². The van der Waals surface area contributed by atoms with E-state index in [9.17, 15) is 4.79 Å². The summed E-state index contributed by atoms with van der Waals surface area (Å²) in [6, 6.07) is 6.01. The predicted molar refractivity (Wildman–Crippen MR) is 90.0 cm³/mol. The summed E-state index contributed by atoms with van der Waals surface area (Å²) in [6.07, 6.45) is 1.78. The van der Waals surface area contributed by atoms with Crippen molar-refractivity contribution in [1.82, 2.24) is 14.9 Å². The Morgan fingerprint density at radius 3 is 2.83 bits per heavy atom. The van der Waals surface area contributed by atoms with Crippen LogP contribution in [0.5, 0.6) is 5.75 Å². The predicted octanol–water partition coefficient (Wildman–Crippen LogP) is 3.64. The normalized spacial score (nSPS) is 25.7. The van der Waals surface area contributed by atoms with Crippen LogP contribution in [0.25, 0.3) is 11.0 Å². The quantitative estimate of drug-likeness (QED) is 0.913. The zero-order chi connectivity index (χ0) is 17.1. The van der Waals surface area contributed by atoms with Crippen LogP contribution in [0, 0.1) is 5.92 Å². The molecule has 0 spiro atoms. The first kappa shape index (κ1) is 15.3. The molecule has 4 rings (SSSR count). The summed E-state index contributed by atoms with van der Waals surface area (Å²) in [5.41, 5.74) is 1.32. The number of ether oxygens (including phenoxy) is 2. The van der Waals surface area contributed by atoms with Crippen LogP contribution in [-0.2, 0) is 4.74 Å². The van der Waals surface area contributed by atoms with Gasteiger partial charge in [-0.25, -0.2) is 9.78 Å². The summed E-state index contributed by atoms with van der Waals surface area (Å²) in [6.45, 7) is 5.69. The van der Waals surface area contributed by atoms with Gasteiger partial charge in [0.15, 0.2) is 0 Å². The summed E-state index contributed by atoms with van der Waals surface area (Å²) in [7, 11) is 1.65. The van der Waals surface area contributed by atoms with Gasteiger partial charge in [0, 0.05) is 12.1 Å². The number of aromatic nitrogens is 2. The van der Waals surface area contributed by atoms with E-state index in [-0.39, 0.29) is 12.1 Å². The van der Waals surface area contributed by atoms with E-state index in [1.165, 1.54) is 0 Å². The molecule has 24 heavy (non-hydrogen) atoms. The molecule has 1 N–H and O–H groups in total. The number of aromatic amines is 1.